The molecule has 0 saturated carbocycles. The van der Waals surface area contributed by atoms with Crippen LogP contribution in [0, 0.1) is 0 Å². The molecule has 0 radical (unpaired) electrons. The van der Waals surface area contributed by atoms with E-state index in [9.17, 15) is 4.79 Å². The molecule has 0 saturated heterocycles. The van der Waals surface area contributed by atoms with Crippen molar-refractivity contribution in [2.45, 2.75) is 0 Å². The lowest BCUT2D eigenvalue weighted by Gasteiger charge is -1.96. The second-order valence-corrected chi connectivity index (χ2v) is 3.88. The molecule has 0 aliphatic heterocycles. The maximum Gasteiger partial charge on any atom is 0.335 e. The number of nitrogens with zero attached hydrogens (tertiary/aromatic N) is 4. The summed E-state index contributed by atoms with van der Waals surface area (Å²) in [6.45, 7) is 0. The number of carbonyl (C=O) groups is 1. The summed E-state index contributed by atoms with van der Waals surface area (Å²) in [4.78, 5) is 23.1. The van der Waals surface area contributed by atoms with Crippen LogP contribution in [0.15, 0.2) is 47.2 Å². The van der Waals surface area contributed by atoms with Gasteiger partial charge >= 0.3 is 5.97 Å². The molecule has 0 amide bonds. The van der Waals surface area contributed by atoms with Crippen molar-refractivity contribution in [3.8, 4) is 23.1 Å². The SMILES string of the molecule is O=C(O)c1cccc(-c2nc(-c3ncccn3)no2)c1. The zero-order valence-corrected chi connectivity index (χ0v) is 10.1. The molecule has 2 aromatic heterocycles. The van der Waals surface area contributed by atoms with Crippen LogP contribution in [0.25, 0.3) is 23.1 Å². The fraction of sp³-hybridized carbons (Fsp3) is 0. The number of hydrogen-bond donors (Lipinski definition) is 1. The number of aromatic carboxylic acids is 1. The van der Waals surface area contributed by atoms with Gasteiger partial charge in [0.1, 0.15) is 0 Å². The number of aromatic nitrogens is 4. The van der Waals surface area contributed by atoms with E-state index in [0.717, 1.165) is 0 Å². The summed E-state index contributed by atoms with van der Waals surface area (Å²) < 4.78 is 5.11. The van der Waals surface area contributed by atoms with Gasteiger partial charge in [-0.1, -0.05) is 11.2 Å². The van der Waals surface area contributed by atoms with Crippen molar-refractivity contribution in [1.82, 2.24) is 20.1 Å². The minimum atomic E-state index is -1.02. The summed E-state index contributed by atoms with van der Waals surface area (Å²) in [5.41, 5.74) is 0.679. The number of rotatable bonds is 3. The molecule has 2 heterocycles. The highest BCUT2D eigenvalue weighted by Gasteiger charge is 2.13. The largest absolute Gasteiger partial charge is 0.478 e. The molecule has 7 heteroatoms. The quantitative estimate of drug-likeness (QED) is 0.773. The fourth-order valence-electron chi connectivity index (χ4n) is 1.63. The lowest BCUT2D eigenvalue weighted by Crippen LogP contribution is -1.95. The summed E-state index contributed by atoms with van der Waals surface area (Å²) in [5, 5.41) is 12.7. The molecule has 1 N–H and O–H groups in total. The maximum absolute atomic E-state index is 10.9. The van der Waals surface area contributed by atoms with Crippen LogP contribution in [-0.4, -0.2) is 31.2 Å². The van der Waals surface area contributed by atoms with Crippen molar-refractivity contribution in [2.75, 3.05) is 0 Å². The molecular weight excluding hydrogens is 260 g/mol. The van der Waals surface area contributed by atoms with Crippen molar-refractivity contribution in [1.29, 1.82) is 0 Å². The van der Waals surface area contributed by atoms with Crippen LogP contribution >= 0.6 is 0 Å². The molecule has 3 aromatic rings. The Hall–Kier alpha value is -3.09. The second-order valence-electron chi connectivity index (χ2n) is 3.88. The van der Waals surface area contributed by atoms with Gasteiger partial charge in [0.2, 0.25) is 11.6 Å². The van der Waals surface area contributed by atoms with Crippen molar-refractivity contribution < 1.29 is 14.4 Å². The standard InChI is InChI=1S/C13H8N4O3/c18-13(19)9-4-1-3-8(7-9)12-16-11(17-20-12)10-14-5-2-6-15-10/h1-7H,(H,18,19). The van der Waals surface area contributed by atoms with E-state index in [1.807, 2.05) is 0 Å². The van der Waals surface area contributed by atoms with E-state index in [1.165, 1.54) is 12.1 Å². The number of hydrogen-bond acceptors (Lipinski definition) is 6. The first-order valence-corrected chi connectivity index (χ1v) is 5.69. The van der Waals surface area contributed by atoms with Crippen LogP contribution in [-0.2, 0) is 0 Å². The normalized spacial score (nSPS) is 10.4. The van der Waals surface area contributed by atoms with Crippen LogP contribution in [0.3, 0.4) is 0 Å². The van der Waals surface area contributed by atoms with Gasteiger partial charge in [0.15, 0.2) is 0 Å². The predicted octanol–water partition coefficient (Wildman–Crippen LogP) is 1.89. The summed E-state index contributed by atoms with van der Waals surface area (Å²) in [6, 6.07) is 7.94. The van der Waals surface area contributed by atoms with Gasteiger partial charge in [-0.05, 0) is 24.3 Å². The van der Waals surface area contributed by atoms with Crippen LogP contribution in [0.4, 0.5) is 0 Å². The van der Waals surface area contributed by atoms with E-state index in [2.05, 4.69) is 20.1 Å². The third-order valence-corrected chi connectivity index (χ3v) is 2.55. The van der Waals surface area contributed by atoms with Crippen molar-refractivity contribution in [3.05, 3.63) is 48.3 Å². The van der Waals surface area contributed by atoms with Gasteiger partial charge in [-0.15, -0.1) is 0 Å². The van der Waals surface area contributed by atoms with E-state index in [1.54, 1.807) is 30.6 Å². The molecule has 0 aliphatic rings. The summed E-state index contributed by atoms with van der Waals surface area (Å²) in [7, 11) is 0. The smallest absolute Gasteiger partial charge is 0.335 e. The third kappa shape index (κ3) is 2.24. The highest BCUT2D eigenvalue weighted by atomic mass is 16.5. The predicted molar refractivity (Wildman–Crippen MR) is 67.7 cm³/mol. The molecule has 20 heavy (non-hydrogen) atoms. The lowest BCUT2D eigenvalue weighted by atomic mass is 10.1. The summed E-state index contributed by atoms with van der Waals surface area (Å²) in [6.07, 6.45) is 3.15. The van der Waals surface area contributed by atoms with Crippen molar-refractivity contribution in [3.63, 3.8) is 0 Å². The Balaban J connectivity index is 1.98. The van der Waals surface area contributed by atoms with E-state index in [4.69, 9.17) is 9.63 Å². The lowest BCUT2D eigenvalue weighted by molar-refractivity contribution is 0.0697. The Morgan fingerprint density at radius 1 is 1.10 bits per heavy atom. The average Bonchev–Trinajstić information content (AvgIpc) is 2.98. The molecule has 98 valence electrons. The fourth-order valence-corrected chi connectivity index (χ4v) is 1.63. The van der Waals surface area contributed by atoms with Gasteiger partial charge in [-0.3, -0.25) is 0 Å². The highest BCUT2D eigenvalue weighted by Crippen LogP contribution is 2.21. The Kier molecular flexibility index (Phi) is 2.92. The molecule has 7 nitrogen and oxygen atoms in total. The van der Waals surface area contributed by atoms with E-state index in [-0.39, 0.29) is 17.3 Å². The summed E-state index contributed by atoms with van der Waals surface area (Å²) >= 11 is 0. The van der Waals surface area contributed by atoms with E-state index < -0.39 is 5.97 Å². The minimum Gasteiger partial charge on any atom is -0.478 e. The van der Waals surface area contributed by atoms with E-state index in [0.29, 0.717) is 11.4 Å². The zero-order chi connectivity index (χ0) is 13.9. The van der Waals surface area contributed by atoms with Gasteiger partial charge in [-0.25, -0.2) is 14.8 Å². The van der Waals surface area contributed by atoms with Crippen molar-refractivity contribution >= 4 is 5.97 Å². The van der Waals surface area contributed by atoms with Gasteiger partial charge < -0.3 is 9.63 Å². The van der Waals surface area contributed by atoms with Gasteiger partial charge in [-0.2, -0.15) is 4.98 Å². The molecule has 3 rings (SSSR count). The molecule has 0 fully saturated rings. The van der Waals surface area contributed by atoms with E-state index >= 15 is 0 Å². The Bertz CT molecular complexity index is 755. The zero-order valence-electron chi connectivity index (χ0n) is 10.1. The summed E-state index contributed by atoms with van der Waals surface area (Å²) in [5.74, 6) is -0.202. The monoisotopic (exact) mass is 268 g/mol. The van der Waals surface area contributed by atoms with Crippen LogP contribution in [0.5, 0.6) is 0 Å². The Morgan fingerprint density at radius 3 is 2.65 bits per heavy atom. The van der Waals surface area contributed by atoms with Crippen molar-refractivity contribution in [2.24, 2.45) is 0 Å². The molecule has 1 aromatic carbocycles. The average molecular weight is 268 g/mol. The van der Waals surface area contributed by atoms with Crippen LogP contribution in [0.1, 0.15) is 10.4 Å². The number of carboxylic acids is 1. The second kappa shape index (κ2) is 4.88. The van der Waals surface area contributed by atoms with Gasteiger partial charge in [0.25, 0.3) is 5.89 Å². The maximum atomic E-state index is 10.9. The number of carboxylic acid groups (broad SMARTS) is 1. The minimum absolute atomic E-state index is 0.151. The van der Waals surface area contributed by atoms with Gasteiger partial charge in [0.05, 0.1) is 5.56 Å². The Morgan fingerprint density at radius 2 is 1.90 bits per heavy atom. The third-order valence-electron chi connectivity index (χ3n) is 2.55. The van der Waals surface area contributed by atoms with Crippen LogP contribution < -0.4 is 0 Å². The topological polar surface area (TPSA) is 102 Å². The molecule has 0 spiro atoms. The molecule has 0 bridgehead atoms. The molecule has 0 atom stereocenters. The van der Waals surface area contributed by atoms with Gasteiger partial charge in [0, 0.05) is 18.0 Å². The highest BCUT2D eigenvalue weighted by molar-refractivity contribution is 5.88. The first kappa shape index (κ1) is 12.0. The molecular formula is C13H8N4O3. The first-order chi connectivity index (χ1) is 9.74. The molecule has 0 unspecified atom stereocenters. The first-order valence-electron chi connectivity index (χ1n) is 5.69. The Labute approximate surface area is 112 Å². The number of benzene rings is 1. The van der Waals surface area contributed by atoms with Crippen LogP contribution in [0.2, 0.25) is 0 Å². The molecule has 0 aliphatic carbocycles.